The highest BCUT2D eigenvalue weighted by Gasteiger charge is 2.29. The van der Waals surface area contributed by atoms with Crippen molar-refractivity contribution >= 4 is 98.0 Å². The van der Waals surface area contributed by atoms with Crippen molar-refractivity contribution in [2.45, 2.75) is 0 Å². The number of hydrogen-bond donors (Lipinski definition) is 0. The van der Waals surface area contributed by atoms with Crippen LogP contribution >= 0.6 is 0 Å². The van der Waals surface area contributed by atoms with E-state index >= 15 is 0 Å². The molecule has 6 nitrogen and oxygen atoms in total. The van der Waals surface area contributed by atoms with Gasteiger partial charge in [-0.05, 0) is 113 Å². The summed E-state index contributed by atoms with van der Waals surface area (Å²) in [5, 5.41) is 12.3. The summed E-state index contributed by atoms with van der Waals surface area (Å²) in [6.07, 6.45) is 0. The minimum absolute atomic E-state index is 0.690. The van der Waals surface area contributed by atoms with Crippen LogP contribution < -0.4 is 0 Å². The predicted octanol–water partition coefficient (Wildman–Crippen LogP) is 19.0. The van der Waals surface area contributed by atoms with Crippen LogP contribution in [0, 0.1) is 0 Å². The van der Waals surface area contributed by atoms with Crippen molar-refractivity contribution in [1.82, 2.24) is 28.2 Å². The van der Waals surface area contributed by atoms with E-state index in [4.69, 9.17) is 9.97 Å². The van der Waals surface area contributed by atoms with E-state index in [1.807, 2.05) is 0 Å². The fraction of sp³-hybridized carbons (Fsp3) is 0. The molecule has 0 amide bonds. The zero-order valence-electron chi connectivity index (χ0n) is 43.1. The molecule has 370 valence electrons. The third-order valence-corrected chi connectivity index (χ3v) is 17.1. The maximum absolute atomic E-state index is 5.59. The first-order chi connectivity index (χ1) is 39.7. The third-order valence-electron chi connectivity index (χ3n) is 17.1. The molecule has 0 saturated heterocycles. The normalized spacial score (nSPS) is 12.2. The van der Waals surface area contributed by atoms with Crippen LogP contribution in [0.2, 0.25) is 0 Å². The average molecular weight is 1020 g/mol. The number of rotatable bonds is 6. The molecular formula is C74H44N6. The van der Waals surface area contributed by atoms with E-state index in [0.717, 1.165) is 78.5 Å². The van der Waals surface area contributed by atoms with Crippen LogP contribution in [0.25, 0.3) is 166 Å². The van der Waals surface area contributed by atoms with E-state index in [2.05, 4.69) is 285 Å². The van der Waals surface area contributed by atoms with Gasteiger partial charge < -0.3 is 18.3 Å². The second kappa shape index (κ2) is 16.4. The first-order valence-electron chi connectivity index (χ1n) is 27.4. The largest absolute Gasteiger partial charge is 0.309 e. The monoisotopic (exact) mass is 1020 g/mol. The standard InChI is InChI=1S/C74H44N6/c1-9-27-64-52(17-1)53-18-2-10-28-65(53)79(64)50-39-41-58-56-21-5-7-25-62(56)77(68(58)43-50)48-35-31-46(32-36-48)72-71-60-23-13-15-45-16-14-24-61(70(45)60)73(71)76-74(75-72)47-33-37-49(38-34-47)78-63-26-8-6-22-57(63)59-42-40-51(44-69(59)78)80-66-29-11-3-19-54(66)55-20-4-12-30-67(55)80/h1-44H. The number of fused-ring (bicyclic) bond motifs is 15. The average Bonchev–Trinajstić information content (AvgIpc) is 4.47. The molecule has 0 bridgehead atoms. The lowest BCUT2D eigenvalue weighted by molar-refractivity contribution is 1.15. The SMILES string of the molecule is c1cc2c3c(cccc3c1)-c1c(-c3ccc(-n4c5ccccc5c5ccc(-n6c7ccccc7c7ccccc76)cc54)cc3)nc(-c3ccc(-n4c5ccccc5c5ccc(-n6c7ccccc7c7ccccc76)cc54)cc3)nc1-2. The lowest BCUT2D eigenvalue weighted by atomic mass is 9.99. The Morgan fingerprint density at radius 2 is 0.575 bits per heavy atom. The van der Waals surface area contributed by atoms with Gasteiger partial charge in [-0.1, -0.05) is 170 Å². The van der Waals surface area contributed by atoms with Gasteiger partial charge in [0.2, 0.25) is 0 Å². The van der Waals surface area contributed by atoms with Gasteiger partial charge in [0.25, 0.3) is 0 Å². The van der Waals surface area contributed by atoms with Crippen LogP contribution in [-0.4, -0.2) is 28.2 Å². The lowest BCUT2D eigenvalue weighted by Gasteiger charge is -2.15. The molecule has 0 fully saturated rings. The van der Waals surface area contributed by atoms with Gasteiger partial charge in [-0.3, -0.25) is 0 Å². The summed E-state index contributed by atoms with van der Waals surface area (Å²) in [6.45, 7) is 0. The van der Waals surface area contributed by atoms with Crippen LogP contribution in [0.4, 0.5) is 0 Å². The molecule has 0 saturated carbocycles. The highest BCUT2D eigenvalue weighted by molar-refractivity contribution is 6.18. The van der Waals surface area contributed by atoms with Gasteiger partial charge in [0.1, 0.15) is 0 Å². The van der Waals surface area contributed by atoms with Crippen molar-refractivity contribution in [1.29, 1.82) is 0 Å². The topological polar surface area (TPSA) is 45.5 Å². The van der Waals surface area contributed by atoms with E-state index < -0.39 is 0 Å². The molecule has 0 spiro atoms. The minimum atomic E-state index is 0.690. The van der Waals surface area contributed by atoms with Crippen LogP contribution in [0.3, 0.4) is 0 Å². The van der Waals surface area contributed by atoms with Crippen molar-refractivity contribution in [3.05, 3.63) is 267 Å². The molecule has 0 unspecified atom stereocenters. The van der Waals surface area contributed by atoms with Gasteiger partial charge in [0.15, 0.2) is 5.82 Å². The summed E-state index contributed by atoms with van der Waals surface area (Å²) < 4.78 is 9.63. The number of nitrogens with zero attached hydrogens (tertiary/aromatic N) is 6. The van der Waals surface area contributed by atoms with E-state index in [1.54, 1.807) is 0 Å². The quantitative estimate of drug-likeness (QED) is 0.167. The van der Waals surface area contributed by atoms with Gasteiger partial charge in [0.05, 0.1) is 55.5 Å². The van der Waals surface area contributed by atoms with Crippen molar-refractivity contribution in [3.8, 4) is 67.8 Å². The Kier molecular flexibility index (Phi) is 8.85. The molecule has 6 heteroatoms. The maximum atomic E-state index is 5.59. The molecule has 0 atom stereocenters. The molecule has 0 radical (unpaired) electrons. The summed E-state index contributed by atoms with van der Waals surface area (Å²) in [5.41, 5.74) is 21.0. The number of hydrogen-bond acceptors (Lipinski definition) is 2. The van der Waals surface area contributed by atoms with E-state index in [-0.39, 0.29) is 0 Å². The second-order valence-electron chi connectivity index (χ2n) is 21.3. The zero-order valence-corrected chi connectivity index (χ0v) is 43.1. The van der Waals surface area contributed by atoms with Crippen LogP contribution in [0.15, 0.2) is 267 Å². The summed E-state index contributed by atoms with van der Waals surface area (Å²) in [6, 6.07) is 97.3. The van der Waals surface area contributed by atoms with Gasteiger partial charge in [-0.15, -0.1) is 0 Å². The fourth-order valence-electron chi connectivity index (χ4n) is 13.7. The predicted molar refractivity (Wildman–Crippen MR) is 332 cm³/mol. The fourth-order valence-corrected chi connectivity index (χ4v) is 13.7. The van der Waals surface area contributed by atoms with Crippen LogP contribution in [-0.2, 0) is 0 Å². The van der Waals surface area contributed by atoms with Gasteiger partial charge in [-0.2, -0.15) is 0 Å². The van der Waals surface area contributed by atoms with E-state index in [0.29, 0.717) is 5.82 Å². The smallest absolute Gasteiger partial charge is 0.160 e. The number of aromatic nitrogens is 6. The highest BCUT2D eigenvalue weighted by atomic mass is 15.0. The number of para-hydroxylation sites is 6. The Hall–Kier alpha value is -10.8. The summed E-state index contributed by atoms with van der Waals surface area (Å²) in [7, 11) is 0. The third kappa shape index (κ3) is 6.01. The molecular weight excluding hydrogens is 973 g/mol. The Balaban J connectivity index is 0.779. The Morgan fingerprint density at radius 1 is 0.237 bits per heavy atom. The van der Waals surface area contributed by atoms with Crippen molar-refractivity contribution in [2.75, 3.05) is 0 Å². The molecule has 5 heterocycles. The highest BCUT2D eigenvalue weighted by Crippen LogP contribution is 2.51. The molecule has 80 heavy (non-hydrogen) atoms. The zero-order chi connectivity index (χ0) is 52.2. The Morgan fingerprint density at radius 3 is 1.00 bits per heavy atom. The van der Waals surface area contributed by atoms with Gasteiger partial charge >= 0.3 is 0 Å². The lowest BCUT2D eigenvalue weighted by Crippen LogP contribution is -2.00. The maximum Gasteiger partial charge on any atom is 0.160 e. The second-order valence-corrected chi connectivity index (χ2v) is 21.3. The molecule has 5 aromatic heterocycles. The summed E-state index contributed by atoms with van der Waals surface area (Å²) in [5.74, 6) is 0.690. The van der Waals surface area contributed by atoms with E-state index in [1.165, 1.54) is 81.5 Å². The van der Waals surface area contributed by atoms with Crippen LogP contribution in [0.5, 0.6) is 0 Å². The summed E-state index contributed by atoms with van der Waals surface area (Å²) >= 11 is 0. The molecule has 18 rings (SSSR count). The van der Waals surface area contributed by atoms with Crippen molar-refractivity contribution in [2.24, 2.45) is 0 Å². The Labute approximate surface area is 458 Å². The first kappa shape index (κ1) is 43.3. The molecule has 17 aromatic rings. The van der Waals surface area contributed by atoms with Gasteiger partial charge in [-0.25, -0.2) is 9.97 Å². The first-order valence-corrected chi connectivity index (χ1v) is 27.4. The Bertz CT molecular complexity index is 5360. The van der Waals surface area contributed by atoms with Crippen LogP contribution in [0.1, 0.15) is 0 Å². The van der Waals surface area contributed by atoms with Crippen molar-refractivity contribution < 1.29 is 0 Å². The summed E-state index contributed by atoms with van der Waals surface area (Å²) in [4.78, 5) is 11.1. The minimum Gasteiger partial charge on any atom is -0.309 e. The molecule has 0 aliphatic heterocycles. The van der Waals surface area contributed by atoms with Crippen molar-refractivity contribution in [3.63, 3.8) is 0 Å². The molecule has 1 aliphatic carbocycles. The molecule has 12 aromatic carbocycles. The molecule has 1 aliphatic rings. The molecule has 0 N–H and O–H groups in total. The van der Waals surface area contributed by atoms with Gasteiger partial charge in [0, 0.05) is 88.1 Å². The number of benzene rings is 12. The van der Waals surface area contributed by atoms with E-state index in [9.17, 15) is 0 Å².